The maximum Gasteiger partial charge on any atom is 0.293 e. The zero-order valence-electron chi connectivity index (χ0n) is 14.3. The Morgan fingerprint density at radius 3 is 2.62 bits per heavy atom. The van der Waals surface area contributed by atoms with Gasteiger partial charge < -0.3 is 5.32 Å². The van der Waals surface area contributed by atoms with Gasteiger partial charge in [0, 0.05) is 23.7 Å². The number of nitrogens with one attached hydrogen (secondary N) is 1. The molecule has 10 nitrogen and oxygen atoms in total. The summed E-state index contributed by atoms with van der Waals surface area (Å²) in [7, 11) is -3.54. The van der Waals surface area contributed by atoms with E-state index in [1.807, 2.05) is 19.9 Å². The summed E-state index contributed by atoms with van der Waals surface area (Å²) in [5.41, 5.74) is 1.56. The van der Waals surface area contributed by atoms with E-state index in [-0.39, 0.29) is 22.8 Å². The van der Waals surface area contributed by atoms with Gasteiger partial charge in [0.2, 0.25) is 0 Å². The Hall–Kier alpha value is -3.08. The lowest BCUT2D eigenvalue weighted by molar-refractivity contribution is -0.384. The second kappa shape index (κ2) is 6.33. The molecule has 0 saturated carbocycles. The second-order valence-corrected chi connectivity index (χ2v) is 7.87. The quantitative estimate of drug-likeness (QED) is 0.525. The average molecular weight is 376 g/mol. The molecule has 2 heterocycles. The Morgan fingerprint density at radius 1 is 1.23 bits per heavy atom. The molecule has 0 unspecified atom stereocenters. The summed E-state index contributed by atoms with van der Waals surface area (Å²) in [5, 5.41) is 22.3. The van der Waals surface area contributed by atoms with Crippen molar-refractivity contribution in [1.82, 2.24) is 19.6 Å². The number of nitrogens with zero attached hydrogens (tertiary/aromatic N) is 5. The first kappa shape index (κ1) is 17.7. The zero-order valence-corrected chi connectivity index (χ0v) is 15.1. The fourth-order valence-electron chi connectivity index (χ4n) is 2.63. The van der Waals surface area contributed by atoms with Crippen LogP contribution in [0, 0.1) is 24.0 Å². The molecule has 0 radical (unpaired) electrons. The number of benzene rings is 1. The Kier molecular flexibility index (Phi) is 4.32. The van der Waals surface area contributed by atoms with Crippen LogP contribution in [0.5, 0.6) is 0 Å². The fourth-order valence-corrected chi connectivity index (χ4v) is 3.27. The van der Waals surface area contributed by atoms with Crippen molar-refractivity contribution in [3.63, 3.8) is 0 Å². The lowest BCUT2D eigenvalue weighted by Gasteiger charge is -2.08. The van der Waals surface area contributed by atoms with Gasteiger partial charge in [-0.05, 0) is 32.0 Å². The molecule has 0 saturated heterocycles. The minimum atomic E-state index is -3.54. The maximum absolute atomic E-state index is 11.6. The molecule has 0 atom stereocenters. The van der Waals surface area contributed by atoms with E-state index in [2.05, 4.69) is 20.5 Å². The predicted octanol–water partition coefficient (Wildman–Crippen LogP) is 1.66. The monoisotopic (exact) mass is 376 g/mol. The van der Waals surface area contributed by atoms with Gasteiger partial charge in [0.1, 0.15) is 5.69 Å². The van der Waals surface area contributed by atoms with Crippen molar-refractivity contribution < 1.29 is 13.3 Å². The van der Waals surface area contributed by atoms with Gasteiger partial charge in [-0.1, -0.05) is 0 Å². The van der Waals surface area contributed by atoms with Crippen LogP contribution in [0.3, 0.4) is 0 Å². The number of nitro benzene ring substituents is 1. The molecule has 1 N–H and O–H groups in total. The van der Waals surface area contributed by atoms with Crippen molar-refractivity contribution in [3.05, 3.63) is 51.6 Å². The van der Waals surface area contributed by atoms with E-state index in [9.17, 15) is 18.5 Å². The number of rotatable bonds is 5. The molecular weight excluding hydrogens is 360 g/mol. The van der Waals surface area contributed by atoms with Crippen LogP contribution in [0.15, 0.2) is 29.2 Å². The summed E-state index contributed by atoms with van der Waals surface area (Å²) >= 11 is 0. The molecule has 0 spiro atoms. The zero-order chi connectivity index (χ0) is 19.1. The first-order chi connectivity index (χ1) is 12.2. The summed E-state index contributed by atoms with van der Waals surface area (Å²) in [6.07, 6.45) is 0.999. The molecule has 26 heavy (non-hydrogen) atoms. The fraction of sp³-hybridized carbons (Fsp3) is 0.267. The van der Waals surface area contributed by atoms with Crippen LogP contribution in [-0.4, -0.2) is 39.2 Å². The largest absolute Gasteiger partial charge is 0.372 e. The first-order valence-electron chi connectivity index (χ1n) is 7.57. The minimum absolute atomic E-state index is 0.113. The molecule has 0 aliphatic rings. The maximum atomic E-state index is 11.6. The minimum Gasteiger partial charge on any atom is -0.372 e. The number of fused-ring (bicyclic) bond motifs is 1. The van der Waals surface area contributed by atoms with E-state index in [4.69, 9.17) is 0 Å². The third-order valence-electron chi connectivity index (χ3n) is 3.79. The summed E-state index contributed by atoms with van der Waals surface area (Å²) < 4.78 is 25.0. The third kappa shape index (κ3) is 3.33. The van der Waals surface area contributed by atoms with Crippen LogP contribution in [0.2, 0.25) is 0 Å². The van der Waals surface area contributed by atoms with Crippen molar-refractivity contribution in [2.45, 2.75) is 25.3 Å². The molecule has 0 amide bonds. The van der Waals surface area contributed by atoms with Crippen LogP contribution in [0.4, 0.5) is 11.4 Å². The van der Waals surface area contributed by atoms with Gasteiger partial charge in [-0.3, -0.25) is 14.5 Å². The van der Waals surface area contributed by atoms with Gasteiger partial charge in [-0.2, -0.15) is 0 Å². The van der Waals surface area contributed by atoms with Crippen LogP contribution in [-0.2, 0) is 16.4 Å². The van der Waals surface area contributed by atoms with Crippen molar-refractivity contribution in [2.75, 3.05) is 11.6 Å². The number of anilines is 1. The van der Waals surface area contributed by atoms with Gasteiger partial charge in [-0.25, -0.2) is 13.4 Å². The standard InChI is InChI=1S/C15H16N6O4S/c1-9-6-10(2)20-14(18-19-15(20)17-9)8-16-12-5-4-11(26(3,24)25)7-13(12)21(22)23/h4-7,16H,8H2,1-3H3. The molecular formula is C15H16N6O4S. The summed E-state index contributed by atoms with van der Waals surface area (Å²) in [5.74, 6) is 0.979. The van der Waals surface area contributed by atoms with Crippen LogP contribution in [0.1, 0.15) is 17.2 Å². The molecule has 136 valence electrons. The molecule has 0 bridgehead atoms. The van der Waals surface area contributed by atoms with Crippen LogP contribution < -0.4 is 5.32 Å². The number of hydrogen-bond donors (Lipinski definition) is 1. The van der Waals surface area contributed by atoms with E-state index in [0.29, 0.717) is 11.6 Å². The number of nitro groups is 1. The van der Waals surface area contributed by atoms with E-state index in [1.54, 1.807) is 4.40 Å². The van der Waals surface area contributed by atoms with Crippen molar-refractivity contribution in [3.8, 4) is 0 Å². The molecule has 3 aromatic rings. The normalized spacial score (nSPS) is 11.7. The number of hydrogen-bond acceptors (Lipinski definition) is 8. The van der Waals surface area contributed by atoms with Crippen LogP contribution >= 0.6 is 0 Å². The Bertz CT molecular complexity index is 1120. The SMILES string of the molecule is Cc1cc(C)n2c(CNc3ccc(S(C)(=O)=O)cc3[N+](=O)[O-])nnc2n1. The Labute approximate surface area is 149 Å². The highest BCUT2D eigenvalue weighted by Gasteiger charge is 2.19. The highest BCUT2D eigenvalue weighted by atomic mass is 32.2. The molecule has 0 fully saturated rings. The first-order valence-corrected chi connectivity index (χ1v) is 9.46. The Morgan fingerprint density at radius 2 is 1.96 bits per heavy atom. The highest BCUT2D eigenvalue weighted by Crippen LogP contribution is 2.28. The van der Waals surface area contributed by atoms with Gasteiger partial charge in [0.05, 0.1) is 16.4 Å². The summed E-state index contributed by atoms with van der Waals surface area (Å²) in [6, 6.07) is 5.61. The lowest BCUT2D eigenvalue weighted by Crippen LogP contribution is -2.09. The van der Waals surface area contributed by atoms with Gasteiger partial charge >= 0.3 is 0 Å². The predicted molar refractivity (Wildman–Crippen MR) is 93.8 cm³/mol. The molecule has 1 aromatic carbocycles. The molecule has 3 rings (SSSR count). The highest BCUT2D eigenvalue weighted by molar-refractivity contribution is 7.90. The summed E-state index contributed by atoms with van der Waals surface area (Å²) in [4.78, 5) is 14.8. The summed E-state index contributed by atoms with van der Waals surface area (Å²) in [6.45, 7) is 3.90. The molecule has 11 heteroatoms. The lowest BCUT2D eigenvalue weighted by atomic mass is 10.2. The van der Waals surface area contributed by atoms with Crippen molar-refractivity contribution in [2.24, 2.45) is 0 Å². The van der Waals surface area contributed by atoms with Crippen molar-refractivity contribution in [1.29, 1.82) is 0 Å². The van der Waals surface area contributed by atoms with Crippen molar-refractivity contribution >= 4 is 27.0 Å². The van der Waals surface area contributed by atoms with E-state index >= 15 is 0 Å². The second-order valence-electron chi connectivity index (χ2n) is 5.85. The average Bonchev–Trinajstić information content (AvgIpc) is 2.94. The molecule has 0 aliphatic heterocycles. The third-order valence-corrected chi connectivity index (χ3v) is 4.90. The van der Waals surface area contributed by atoms with E-state index in [0.717, 1.165) is 23.7 Å². The van der Waals surface area contributed by atoms with E-state index in [1.165, 1.54) is 12.1 Å². The number of aromatic nitrogens is 4. The topological polar surface area (TPSA) is 132 Å². The number of sulfone groups is 1. The molecule has 2 aromatic heterocycles. The molecule has 0 aliphatic carbocycles. The van der Waals surface area contributed by atoms with Gasteiger partial charge in [0.15, 0.2) is 15.7 Å². The van der Waals surface area contributed by atoms with E-state index < -0.39 is 14.8 Å². The number of aryl methyl sites for hydroxylation is 2. The van der Waals surface area contributed by atoms with Gasteiger partial charge in [-0.15, -0.1) is 10.2 Å². The van der Waals surface area contributed by atoms with Crippen LogP contribution in [0.25, 0.3) is 5.78 Å². The smallest absolute Gasteiger partial charge is 0.293 e. The Balaban J connectivity index is 1.94. The van der Waals surface area contributed by atoms with Gasteiger partial charge in [0.25, 0.3) is 11.5 Å².